The molecule has 1 aromatic heterocycles. The van der Waals surface area contributed by atoms with Crippen LogP contribution < -0.4 is 0 Å². The number of carboxylic acids is 1. The second kappa shape index (κ2) is 6.71. The number of hydrogen-bond acceptors (Lipinski definition) is 4. The molecule has 2 heterocycles. The van der Waals surface area contributed by atoms with E-state index in [1.807, 2.05) is 18.9 Å². The summed E-state index contributed by atoms with van der Waals surface area (Å²) in [6.45, 7) is 5.32. The Morgan fingerprint density at radius 3 is 2.67 bits per heavy atom. The van der Waals surface area contributed by atoms with Gasteiger partial charge in [-0.05, 0) is 19.9 Å². The van der Waals surface area contributed by atoms with Gasteiger partial charge in [0.2, 0.25) is 0 Å². The largest absolute Gasteiger partial charge is 0.481 e. The van der Waals surface area contributed by atoms with Crippen LogP contribution in [0.3, 0.4) is 0 Å². The van der Waals surface area contributed by atoms with E-state index >= 15 is 0 Å². The van der Waals surface area contributed by atoms with Crippen LogP contribution in [0.4, 0.5) is 0 Å². The van der Waals surface area contributed by atoms with Crippen molar-refractivity contribution in [2.75, 3.05) is 32.7 Å². The number of aliphatic carboxylic acids is 1. The number of amides is 1. The van der Waals surface area contributed by atoms with E-state index in [0.29, 0.717) is 25.2 Å². The third kappa shape index (κ3) is 3.81. The summed E-state index contributed by atoms with van der Waals surface area (Å²) in [5.41, 5.74) is 1.52. The van der Waals surface area contributed by atoms with Crippen LogP contribution in [0.2, 0.25) is 0 Å². The number of carboxylic acid groups (broad SMARTS) is 1. The molecule has 1 N–H and O–H groups in total. The maximum Gasteiger partial charge on any atom is 0.304 e. The molecule has 0 aliphatic carbocycles. The Hall–Kier alpha value is -1.89. The molecular formula is C14H22N4O3. The molecule has 1 aromatic rings. The van der Waals surface area contributed by atoms with Crippen molar-refractivity contribution in [2.24, 2.45) is 7.05 Å². The molecule has 7 heteroatoms. The third-order valence-corrected chi connectivity index (χ3v) is 3.98. The average Bonchev–Trinajstić information content (AvgIpc) is 2.67. The van der Waals surface area contributed by atoms with Crippen molar-refractivity contribution in [1.82, 2.24) is 19.6 Å². The Morgan fingerprint density at radius 2 is 2.05 bits per heavy atom. The fourth-order valence-electron chi connectivity index (χ4n) is 2.53. The van der Waals surface area contributed by atoms with Crippen molar-refractivity contribution in [2.45, 2.75) is 19.8 Å². The van der Waals surface area contributed by atoms with Gasteiger partial charge < -0.3 is 14.9 Å². The summed E-state index contributed by atoms with van der Waals surface area (Å²) in [4.78, 5) is 27.1. The van der Waals surface area contributed by atoms with E-state index in [1.54, 1.807) is 10.9 Å². The van der Waals surface area contributed by atoms with Gasteiger partial charge in [0, 0.05) is 38.9 Å². The number of aryl methyl sites for hydroxylation is 1. The van der Waals surface area contributed by atoms with E-state index in [1.165, 1.54) is 0 Å². The first-order chi connectivity index (χ1) is 9.99. The second-order valence-corrected chi connectivity index (χ2v) is 5.40. The Balaban J connectivity index is 1.95. The molecule has 21 heavy (non-hydrogen) atoms. The third-order valence-electron chi connectivity index (χ3n) is 3.98. The lowest BCUT2D eigenvalue weighted by Crippen LogP contribution is -2.35. The number of carbonyl (C=O) groups is 2. The molecule has 1 fully saturated rings. The highest BCUT2D eigenvalue weighted by molar-refractivity contribution is 5.95. The van der Waals surface area contributed by atoms with Crippen molar-refractivity contribution in [3.05, 3.63) is 17.5 Å². The smallest absolute Gasteiger partial charge is 0.304 e. The van der Waals surface area contributed by atoms with Gasteiger partial charge in [0.15, 0.2) is 0 Å². The quantitative estimate of drug-likeness (QED) is 0.867. The number of carbonyl (C=O) groups excluding carboxylic acids is 1. The lowest BCUT2D eigenvalue weighted by molar-refractivity contribution is -0.137. The lowest BCUT2D eigenvalue weighted by Gasteiger charge is -2.21. The molecule has 1 amide bonds. The monoisotopic (exact) mass is 294 g/mol. The minimum Gasteiger partial charge on any atom is -0.481 e. The molecule has 0 spiro atoms. The van der Waals surface area contributed by atoms with Crippen molar-refractivity contribution in [3.63, 3.8) is 0 Å². The van der Waals surface area contributed by atoms with Gasteiger partial charge in [-0.1, -0.05) is 0 Å². The summed E-state index contributed by atoms with van der Waals surface area (Å²) in [5.74, 6) is -0.765. The zero-order valence-corrected chi connectivity index (χ0v) is 12.6. The molecule has 0 bridgehead atoms. The van der Waals surface area contributed by atoms with E-state index in [9.17, 15) is 9.59 Å². The zero-order valence-electron chi connectivity index (χ0n) is 12.6. The Bertz CT molecular complexity index is 526. The molecule has 2 rings (SSSR count). The first-order valence-electron chi connectivity index (χ1n) is 7.21. The summed E-state index contributed by atoms with van der Waals surface area (Å²) in [6.07, 6.45) is 2.63. The zero-order chi connectivity index (χ0) is 15.4. The molecule has 7 nitrogen and oxygen atoms in total. The topological polar surface area (TPSA) is 78.7 Å². The minimum absolute atomic E-state index is 0.0145. The van der Waals surface area contributed by atoms with Crippen LogP contribution in [-0.2, 0) is 11.8 Å². The molecule has 0 aromatic carbocycles. The van der Waals surface area contributed by atoms with Crippen LogP contribution in [0.25, 0.3) is 0 Å². The summed E-state index contributed by atoms with van der Waals surface area (Å²) < 4.78 is 1.70. The second-order valence-electron chi connectivity index (χ2n) is 5.40. The first kappa shape index (κ1) is 15.5. The number of hydrogen-bond donors (Lipinski definition) is 1. The molecule has 0 saturated carbocycles. The van der Waals surface area contributed by atoms with Gasteiger partial charge in [-0.25, -0.2) is 0 Å². The SMILES string of the molecule is Cc1c(C(=O)N2CCCN(CCC(=O)O)CC2)cnn1C. The van der Waals surface area contributed by atoms with Crippen molar-refractivity contribution in [3.8, 4) is 0 Å². The minimum atomic E-state index is -0.779. The summed E-state index contributed by atoms with van der Waals surface area (Å²) >= 11 is 0. The highest BCUT2D eigenvalue weighted by Gasteiger charge is 2.23. The van der Waals surface area contributed by atoms with E-state index in [-0.39, 0.29) is 12.3 Å². The highest BCUT2D eigenvalue weighted by atomic mass is 16.4. The van der Waals surface area contributed by atoms with Crippen molar-refractivity contribution < 1.29 is 14.7 Å². The molecule has 0 unspecified atom stereocenters. The van der Waals surface area contributed by atoms with Crippen molar-refractivity contribution in [1.29, 1.82) is 0 Å². The number of rotatable bonds is 4. The molecule has 1 saturated heterocycles. The van der Waals surface area contributed by atoms with E-state index in [0.717, 1.165) is 25.2 Å². The van der Waals surface area contributed by atoms with Gasteiger partial charge >= 0.3 is 5.97 Å². The molecule has 0 atom stereocenters. The van der Waals surface area contributed by atoms with E-state index in [2.05, 4.69) is 10.00 Å². The fraction of sp³-hybridized carbons (Fsp3) is 0.643. The van der Waals surface area contributed by atoms with Gasteiger partial charge in [-0.15, -0.1) is 0 Å². The standard InChI is InChI=1S/C14H22N4O3/c1-11-12(10-15-16(11)2)14(21)18-6-3-5-17(8-9-18)7-4-13(19)20/h10H,3-9H2,1-2H3,(H,19,20). The maximum absolute atomic E-state index is 12.5. The van der Waals surface area contributed by atoms with E-state index in [4.69, 9.17) is 5.11 Å². The summed E-state index contributed by atoms with van der Waals surface area (Å²) in [6, 6.07) is 0. The Labute approximate surface area is 124 Å². The van der Waals surface area contributed by atoms with Gasteiger partial charge in [-0.2, -0.15) is 5.10 Å². The predicted octanol–water partition coefficient (Wildman–Crippen LogP) is 0.351. The average molecular weight is 294 g/mol. The maximum atomic E-state index is 12.5. The summed E-state index contributed by atoms with van der Waals surface area (Å²) in [5, 5.41) is 12.8. The lowest BCUT2D eigenvalue weighted by atomic mass is 10.2. The van der Waals surface area contributed by atoms with Gasteiger partial charge in [0.25, 0.3) is 5.91 Å². The normalized spacial score (nSPS) is 16.8. The van der Waals surface area contributed by atoms with Gasteiger partial charge in [0.05, 0.1) is 18.2 Å². The van der Waals surface area contributed by atoms with Crippen LogP contribution in [0.5, 0.6) is 0 Å². The Kier molecular flexibility index (Phi) is 4.95. The molecule has 0 radical (unpaired) electrons. The van der Waals surface area contributed by atoms with Gasteiger partial charge in [0.1, 0.15) is 0 Å². The Morgan fingerprint density at radius 1 is 1.29 bits per heavy atom. The highest BCUT2D eigenvalue weighted by Crippen LogP contribution is 2.12. The van der Waals surface area contributed by atoms with Crippen LogP contribution in [0.15, 0.2) is 6.20 Å². The number of aromatic nitrogens is 2. The van der Waals surface area contributed by atoms with Crippen LogP contribution in [0, 0.1) is 6.92 Å². The molecule has 1 aliphatic heterocycles. The van der Waals surface area contributed by atoms with Crippen LogP contribution in [-0.4, -0.2) is 69.3 Å². The van der Waals surface area contributed by atoms with Crippen LogP contribution in [0.1, 0.15) is 28.9 Å². The molecular weight excluding hydrogens is 272 g/mol. The van der Waals surface area contributed by atoms with Gasteiger partial charge in [-0.3, -0.25) is 14.3 Å². The fourth-order valence-corrected chi connectivity index (χ4v) is 2.53. The number of nitrogens with zero attached hydrogens (tertiary/aromatic N) is 4. The van der Waals surface area contributed by atoms with Crippen LogP contribution >= 0.6 is 0 Å². The van der Waals surface area contributed by atoms with E-state index < -0.39 is 5.97 Å². The first-order valence-corrected chi connectivity index (χ1v) is 7.21. The molecule has 116 valence electrons. The summed E-state index contributed by atoms with van der Waals surface area (Å²) in [7, 11) is 1.82. The van der Waals surface area contributed by atoms with Crippen molar-refractivity contribution >= 4 is 11.9 Å². The predicted molar refractivity (Wildman–Crippen MR) is 77.2 cm³/mol. The molecule has 1 aliphatic rings.